The van der Waals surface area contributed by atoms with Crippen LogP contribution in [0.25, 0.3) is 0 Å². The van der Waals surface area contributed by atoms with Crippen LogP contribution < -0.4 is 16.8 Å². The minimum atomic E-state index is -0.649. The highest BCUT2D eigenvalue weighted by Crippen LogP contribution is 2.24. The monoisotopic (exact) mass is 280 g/mol. The van der Waals surface area contributed by atoms with Gasteiger partial charge in [-0.1, -0.05) is 6.92 Å². The third-order valence-corrected chi connectivity index (χ3v) is 3.72. The van der Waals surface area contributed by atoms with Gasteiger partial charge < -0.3 is 21.7 Å². The maximum atomic E-state index is 13.9. The van der Waals surface area contributed by atoms with Crippen molar-refractivity contribution in [3.05, 3.63) is 23.5 Å². The highest BCUT2D eigenvalue weighted by Gasteiger charge is 2.20. The number of nitrogen functional groups attached to an aromatic ring is 1. The summed E-state index contributed by atoms with van der Waals surface area (Å²) < 4.78 is 13.9. The molecule has 0 radical (unpaired) electrons. The average molecular weight is 280 g/mol. The van der Waals surface area contributed by atoms with Gasteiger partial charge >= 0.3 is 0 Å². The van der Waals surface area contributed by atoms with E-state index in [-0.39, 0.29) is 23.0 Å². The number of carbonyl (C=O) groups excluding carboxylic acids is 1. The molecule has 1 amide bonds. The fourth-order valence-corrected chi connectivity index (χ4v) is 2.59. The molecular weight excluding hydrogens is 259 g/mol. The Labute approximate surface area is 118 Å². The number of carbonyl (C=O) groups is 1. The lowest BCUT2D eigenvalue weighted by molar-refractivity contribution is 0.100. The Balaban J connectivity index is 2.16. The minimum absolute atomic E-state index is 0.0689. The molecule has 0 bridgehead atoms. The van der Waals surface area contributed by atoms with Crippen LogP contribution in [0.5, 0.6) is 0 Å². The fraction of sp³-hybridized carbons (Fsp3) is 0.500. The van der Waals surface area contributed by atoms with Crippen LogP contribution in [0, 0.1) is 5.82 Å². The van der Waals surface area contributed by atoms with Crippen LogP contribution in [0.4, 0.5) is 15.8 Å². The Morgan fingerprint density at radius 3 is 2.95 bits per heavy atom. The number of hydrogen-bond donors (Lipinski definition) is 3. The molecule has 110 valence electrons. The molecule has 0 aliphatic carbocycles. The summed E-state index contributed by atoms with van der Waals surface area (Å²) in [5.41, 5.74) is 11.3. The van der Waals surface area contributed by atoms with E-state index in [0.717, 1.165) is 38.5 Å². The first kappa shape index (κ1) is 14.6. The molecular formula is C14H21FN4O. The highest BCUT2D eigenvalue weighted by molar-refractivity contribution is 5.99. The lowest BCUT2D eigenvalue weighted by Crippen LogP contribution is -2.42. The number of halogens is 1. The van der Waals surface area contributed by atoms with Crippen LogP contribution in [0.1, 0.15) is 30.1 Å². The van der Waals surface area contributed by atoms with E-state index in [4.69, 9.17) is 11.5 Å². The number of rotatable bonds is 4. The zero-order valence-electron chi connectivity index (χ0n) is 11.7. The van der Waals surface area contributed by atoms with Gasteiger partial charge in [-0.25, -0.2) is 4.39 Å². The first-order valence-corrected chi connectivity index (χ1v) is 6.89. The second kappa shape index (κ2) is 6.09. The zero-order chi connectivity index (χ0) is 14.7. The van der Waals surface area contributed by atoms with Gasteiger partial charge in [0, 0.05) is 18.3 Å². The van der Waals surface area contributed by atoms with E-state index < -0.39 is 11.7 Å². The van der Waals surface area contributed by atoms with E-state index in [1.165, 1.54) is 6.07 Å². The molecule has 1 aromatic carbocycles. The second-order valence-corrected chi connectivity index (χ2v) is 5.16. The number of hydrogen-bond acceptors (Lipinski definition) is 4. The average Bonchev–Trinajstić information content (AvgIpc) is 2.41. The maximum absolute atomic E-state index is 13.9. The molecule has 1 aliphatic rings. The predicted octanol–water partition coefficient (Wildman–Crippen LogP) is 1.40. The van der Waals surface area contributed by atoms with E-state index in [0.29, 0.717) is 0 Å². The number of nitrogens with two attached hydrogens (primary N) is 2. The van der Waals surface area contributed by atoms with E-state index in [9.17, 15) is 9.18 Å². The fourth-order valence-electron chi connectivity index (χ4n) is 2.59. The van der Waals surface area contributed by atoms with E-state index in [1.54, 1.807) is 0 Å². The number of primary amides is 1. The van der Waals surface area contributed by atoms with Gasteiger partial charge in [0.15, 0.2) is 0 Å². The zero-order valence-corrected chi connectivity index (χ0v) is 11.7. The topological polar surface area (TPSA) is 84.4 Å². The van der Waals surface area contributed by atoms with Crippen molar-refractivity contribution >= 4 is 17.3 Å². The number of nitrogens with zero attached hydrogens (tertiary/aromatic N) is 1. The van der Waals surface area contributed by atoms with Crippen LogP contribution in [-0.2, 0) is 0 Å². The van der Waals surface area contributed by atoms with Crippen molar-refractivity contribution in [2.24, 2.45) is 5.73 Å². The number of nitrogens with one attached hydrogen (secondary N) is 1. The molecule has 1 fully saturated rings. The summed E-state index contributed by atoms with van der Waals surface area (Å²) in [7, 11) is 0. The van der Waals surface area contributed by atoms with Crippen molar-refractivity contribution in [1.82, 2.24) is 4.90 Å². The van der Waals surface area contributed by atoms with Crippen molar-refractivity contribution in [1.29, 1.82) is 0 Å². The van der Waals surface area contributed by atoms with Gasteiger partial charge in [-0.3, -0.25) is 4.79 Å². The van der Waals surface area contributed by atoms with Gasteiger partial charge in [0.2, 0.25) is 0 Å². The van der Waals surface area contributed by atoms with Gasteiger partial charge in [-0.2, -0.15) is 0 Å². The molecule has 0 saturated carbocycles. The summed E-state index contributed by atoms with van der Waals surface area (Å²) >= 11 is 0. The summed E-state index contributed by atoms with van der Waals surface area (Å²) in [5, 5.41) is 3.16. The molecule has 1 heterocycles. The Morgan fingerprint density at radius 1 is 1.55 bits per heavy atom. The molecule has 5 nitrogen and oxygen atoms in total. The molecule has 20 heavy (non-hydrogen) atoms. The Morgan fingerprint density at radius 2 is 2.30 bits per heavy atom. The number of amides is 1. The number of piperidine rings is 1. The molecule has 0 aromatic heterocycles. The number of anilines is 2. The van der Waals surface area contributed by atoms with Crippen molar-refractivity contribution in [3.8, 4) is 0 Å². The van der Waals surface area contributed by atoms with Crippen LogP contribution in [0.2, 0.25) is 0 Å². The third-order valence-electron chi connectivity index (χ3n) is 3.72. The van der Waals surface area contributed by atoms with Gasteiger partial charge in [-0.05, 0) is 38.1 Å². The van der Waals surface area contributed by atoms with Crippen molar-refractivity contribution in [3.63, 3.8) is 0 Å². The molecule has 6 heteroatoms. The Kier molecular flexibility index (Phi) is 4.44. The molecule has 2 rings (SSSR count). The van der Waals surface area contributed by atoms with Crippen molar-refractivity contribution in [2.45, 2.75) is 25.8 Å². The molecule has 1 unspecified atom stereocenters. The van der Waals surface area contributed by atoms with Crippen LogP contribution in [0.15, 0.2) is 12.1 Å². The summed E-state index contributed by atoms with van der Waals surface area (Å²) in [5.74, 6) is -1.11. The number of likely N-dealkylation sites (N-methyl/N-ethyl adjacent to an activating group) is 1. The molecule has 5 N–H and O–H groups in total. The van der Waals surface area contributed by atoms with Crippen molar-refractivity contribution < 1.29 is 9.18 Å². The molecule has 0 spiro atoms. The third kappa shape index (κ3) is 3.19. The largest absolute Gasteiger partial charge is 0.398 e. The van der Waals surface area contributed by atoms with Gasteiger partial charge in [0.1, 0.15) is 5.82 Å². The summed E-state index contributed by atoms with van der Waals surface area (Å²) in [6.45, 7) is 5.03. The normalized spacial score (nSPS) is 19.8. The predicted molar refractivity (Wildman–Crippen MR) is 78.1 cm³/mol. The number of likely N-dealkylation sites (tertiary alicyclic amines) is 1. The Hall–Kier alpha value is -1.82. The van der Waals surface area contributed by atoms with E-state index >= 15 is 0 Å². The minimum Gasteiger partial charge on any atom is -0.398 e. The lowest BCUT2D eigenvalue weighted by Gasteiger charge is -2.33. The van der Waals surface area contributed by atoms with Gasteiger partial charge in [0.25, 0.3) is 5.91 Å². The van der Waals surface area contributed by atoms with Gasteiger partial charge in [0.05, 0.1) is 11.3 Å². The van der Waals surface area contributed by atoms with E-state index in [2.05, 4.69) is 17.1 Å². The molecule has 1 saturated heterocycles. The smallest absolute Gasteiger partial charge is 0.250 e. The molecule has 1 aromatic rings. The Bertz CT molecular complexity index is 506. The number of benzene rings is 1. The maximum Gasteiger partial charge on any atom is 0.250 e. The van der Waals surface area contributed by atoms with E-state index in [1.807, 2.05) is 0 Å². The molecule has 1 aliphatic heterocycles. The summed E-state index contributed by atoms with van der Waals surface area (Å²) in [4.78, 5) is 13.6. The first-order valence-electron chi connectivity index (χ1n) is 6.89. The summed E-state index contributed by atoms with van der Waals surface area (Å²) in [6, 6.07) is 2.71. The quantitative estimate of drug-likeness (QED) is 0.728. The lowest BCUT2D eigenvalue weighted by atomic mass is 10.0. The van der Waals surface area contributed by atoms with Crippen LogP contribution in [-0.4, -0.2) is 36.5 Å². The van der Waals surface area contributed by atoms with Gasteiger partial charge in [-0.15, -0.1) is 0 Å². The standard InChI is InChI=1S/C14H21FN4O/c1-2-19-5-3-4-9(8-19)18-13-6-10(14(17)20)12(16)7-11(13)15/h6-7,9,18H,2-5,8,16H2,1H3,(H2,17,20). The first-order chi connectivity index (χ1) is 9.51. The SMILES string of the molecule is CCN1CCCC(Nc2cc(C(N)=O)c(N)cc2F)C1. The molecule has 1 atom stereocenters. The van der Waals surface area contributed by atoms with Crippen molar-refractivity contribution in [2.75, 3.05) is 30.7 Å². The summed E-state index contributed by atoms with van der Waals surface area (Å²) in [6.07, 6.45) is 2.05. The van der Waals surface area contributed by atoms with Crippen LogP contribution >= 0.6 is 0 Å². The highest BCUT2D eigenvalue weighted by atomic mass is 19.1. The second-order valence-electron chi connectivity index (χ2n) is 5.16. The van der Waals surface area contributed by atoms with Crippen LogP contribution in [0.3, 0.4) is 0 Å².